The van der Waals surface area contributed by atoms with Gasteiger partial charge in [-0.25, -0.2) is 0 Å². The lowest BCUT2D eigenvalue weighted by Crippen LogP contribution is -2.15. The van der Waals surface area contributed by atoms with Gasteiger partial charge in [0.25, 0.3) is 0 Å². The van der Waals surface area contributed by atoms with Gasteiger partial charge in [0.2, 0.25) is 0 Å². The van der Waals surface area contributed by atoms with Gasteiger partial charge in [0, 0.05) is 39.2 Å². The van der Waals surface area contributed by atoms with E-state index < -0.39 is 0 Å². The smallest absolute Gasteiger partial charge is 0.138 e. The van der Waals surface area contributed by atoms with E-state index in [0.717, 1.165) is 28.2 Å². The largest absolute Gasteiger partial charge is 0.456 e. The van der Waals surface area contributed by atoms with Crippen LogP contribution in [-0.4, -0.2) is 0 Å². The maximum atomic E-state index is 7.03. The average Bonchev–Trinajstić information content (AvgIpc) is 3.80. The molecule has 300 valence electrons. The minimum atomic E-state index is -0.0778. The maximum Gasteiger partial charge on any atom is 0.138 e. The molecule has 1 aromatic heterocycles. The second kappa shape index (κ2) is 14.5. The molecule has 2 fully saturated rings. The summed E-state index contributed by atoms with van der Waals surface area (Å²) in [6.45, 7) is 4.74. The Bertz CT molecular complexity index is 3150. The zero-order valence-electron chi connectivity index (χ0n) is 35.5. The van der Waals surface area contributed by atoms with Crippen LogP contribution in [0.25, 0.3) is 65.7 Å². The Morgan fingerprint density at radius 2 is 1.08 bits per heavy atom. The summed E-state index contributed by atoms with van der Waals surface area (Å²) in [5.74, 6) is 1.18. The first-order valence-electron chi connectivity index (χ1n) is 23.1. The van der Waals surface area contributed by atoms with Crippen molar-refractivity contribution in [1.82, 2.24) is 0 Å². The molecule has 3 aliphatic rings. The van der Waals surface area contributed by atoms with Crippen LogP contribution >= 0.6 is 0 Å². The minimum absolute atomic E-state index is 0.0778. The molecule has 9 aromatic rings. The highest BCUT2D eigenvalue weighted by atomic mass is 16.3. The average molecular weight is 792 g/mol. The predicted octanol–water partition coefficient (Wildman–Crippen LogP) is 17.4. The molecular formula is C59H53NO. The number of para-hydroxylation sites is 1. The van der Waals surface area contributed by atoms with Crippen molar-refractivity contribution in [3.8, 4) is 22.3 Å². The lowest BCUT2D eigenvalue weighted by atomic mass is 9.81. The first kappa shape index (κ1) is 36.7. The summed E-state index contributed by atoms with van der Waals surface area (Å²) in [4.78, 5) is 2.52. The third-order valence-electron chi connectivity index (χ3n) is 15.1. The van der Waals surface area contributed by atoms with Gasteiger partial charge in [0.15, 0.2) is 0 Å². The molecule has 0 N–H and O–H groups in total. The first-order chi connectivity index (χ1) is 30.0. The lowest BCUT2D eigenvalue weighted by molar-refractivity contribution is 0.442. The van der Waals surface area contributed by atoms with E-state index >= 15 is 0 Å². The summed E-state index contributed by atoms with van der Waals surface area (Å²) in [5, 5.41) is 7.64. The summed E-state index contributed by atoms with van der Waals surface area (Å²) in [7, 11) is 0. The van der Waals surface area contributed by atoms with Crippen LogP contribution in [0.1, 0.15) is 112 Å². The van der Waals surface area contributed by atoms with Crippen LogP contribution in [0.3, 0.4) is 0 Å². The number of nitrogens with zero attached hydrogens (tertiary/aromatic N) is 1. The highest BCUT2D eigenvalue weighted by Gasteiger charge is 2.36. The molecule has 8 aromatic carbocycles. The van der Waals surface area contributed by atoms with Gasteiger partial charge in [-0.2, -0.15) is 0 Å². The molecule has 0 radical (unpaired) electrons. The highest BCUT2D eigenvalue weighted by Crippen LogP contribution is 2.53. The van der Waals surface area contributed by atoms with Gasteiger partial charge in [0.1, 0.15) is 11.2 Å². The Balaban J connectivity index is 1.12. The number of furan rings is 1. The first-order valence-corrected chi connectivity index (χ1v) is 23.1. The second-order valence-corrected chi connectivity index (χ2v) is 18.8. The number of anilines is 3. The molecular weight excluding hydrogens is 739 g/mol. The van der Waals surface area contributed by atoms with Gasteiger partial charge in [-0.3, -0.25) is 0 Å². The van der Waals surface area contributed by atoms with E-state index in [1.165, 1.54) is 141 Å². The van der Waals surface area contributed by atoms with Crippen LogP contribution in [0, 0.1) is 0 Å². The number of hydrogen-bond acceptors (Lipinski definition) is 2. The Labute approximate surface area is 359 Å². The summed E-state index contributed by atoms with van der Waals surface area (Å²) in [6.07, 6.45) is 13.0. The number of benzene rings is 8. The molecule has 0 amide bonds. The molecule has 1 heterocycles. The molecule has 0 unspecified atom stereocenters. The molecule has 0 atom stereocenters. The van der Waals surface area contributed by atoms with Gasteiger partial charge in [-0.05, 0) is 128 Å². The fourth-order valence-electron chi connectivity index (χ4n) is 12.0. The minimum Gasteiger partial charge on any atom is -0.456 e. The molecule has 3 aliphatic carbocycles. The van der Waals surface area contributed by atoms with Gasteiger partial charge in [-0.15, -0.1) is 0 Å². The third-order valence-corrected chi connectivity index (χ3v) is 15.1. The number of rotatable bonds is 6. The van der Waals surface area contributed by atoms with E-state index in [1.807, 2.05) is 0 Å². The monoisotopic (exact) mass is 791 g/mol. The normalized spacial score (nSPS) is 16.7. The zero-order chi connectivity index (χ0) is 40.7. The molecule has 2 heteroatoms. The summed E-state index contributed by atoms with van der Waals surface area (Å²) >= 11 is 0. The van der Waals surface area contributed by atoms with Crippen molar-refractivity contribution in [2.45, 2.75) is 95.3 Å². The third kappa shape index (κ3) is 5.89. The van der Waals surface area contributed by atoms with E-state index in [0.29, 0.717) is 11.8 Å². The van der Waals surface area contributed by atoms with Crippen LogP contribution in [-0.2, 0) is 5.41 Å². The van der Waals surface area contributed by atoms with E-state index in [9.17, 15) is 0 Å². The molecule has 0 spiro atoms. The topological polar surface area (TPSA) is 16.4 Å². The van der Waals surface area contributed by atoms with E-state index in [4.69, 9.17) is 4.42 Å². The Morgan fingerprint density at radius 1 is 0.459 bits per heavy atom. The molecule has 12 rings (SSSR count). The summed E-state index contributed by atoms with van der Waals surface area (Å²) in [5.41, 5.74) is 16.2. The van der Waals surface area contributed by atoms with Gasteiger partial charge >= 0.3 is 0 Å². The van der Waals surface area contributed by atoms with Gasteiger partial charge in [0.05, 0.1) is 5.69 Å². The SMILES string of the molecule is CC1(C)c2ccccc2-c2cc(N(c3ccc4c(c3)oc3c(C5CCCCC5)cccc34)c3ccc4ccccc4c3-c3cccc4c(C5CCCCC5)cccc34)ccc21. The second-order valence-electron chi connectivity index (χ2n) is 18.8. The van der Waals surface area contributed by atoms with Crippen molar-refractivity contribution < 1.29 is 4.42 Å². The lowest BCUT2D eigenvalue weighted by Gasteiger charge is -2.30. The van der Waals surface area contributed by atoms with Crippen LogP contribution < -0.4 is 4.90 Å². The van der Waals surface area contributed by atoms with Crippen LogP contribution in [0.2, 0.25) is 0 Å². The fourth-order valence-corrected chi connectivity index (χ4v) is 12.0. The molecule has 2 saturated carbocycles. The van der Waals surface area contributed by atoms with Gasteiger partial charge < -0.3 is 9.32 Å². The highest BCUT2D eigenvalue weighted by molar-refractivity contribution is 6.13. The number of hydrogen-bond donors (Lipinski definition) is 0. The van der Waals surface area contributed by atoms with Crippen LogP contribution in [0.5, 0.6) is 0 Å². The molecule has 0 bridgehead atoms. The predicted molar refractivity (Wildman–Crippen MR) is 258 cm³/mol. The van der Waals surface area contributed by atoms with Gasteiger partial charge in [-0.1, -0.05) is 168 Å². The quantitative estimate of drug-likeness (QED) is 0.167. The maximum absolute atomic E-state index is 7.03. The van der Waals surface area contributed by atoms with E-state index in [2.05, 4.69) is 170 Å². The van der Waals surface area contributed by atoms with Crippen molar-refractivity contribution in [3.63, 3.8) is 0 Å². The van der Waals surface area contributed by atoms with Crippen molar-refractivity contribution in [2.75, 3.05) is 4.90 Å². The zero-order valence-corrected chi connectivity index (χ0v) is 35.5. The van der Waals surface area contributed by atoms with Crippen molar-refractivity contribution >= 4 is 60.5 Å². The Morgan fingerprint density at radius 3 is 1.92 bits per heavy atom. The summed E-state index contributed by atoms with van der Waals surface area (Å²) in [6, 6.07) is 57.8. The number of fused-ring (bicyclic) bond motifs is 8. The van der Waals surface area contributed by atoms with E-state index in [-0.39, 0.29) is 5.41 Å². The fraction of sp³-hybridized carbons (Fsp3) is 0.254. The van der Waals surface area contributed by atoms with Crippen molar-refractivity contribution in [3.05, 3.63) is 174 Å². The Hall–Kier alpha value is -6.12. The van der Waals surface area contributed by atoms with E-state index in [1.54, 1.807) is 0 Å². The molecule has 0 saturated heterocycles. The molecule has 61 heavy (non-hydrogen) atoms. The Kier molecular flexibility index (Phi) is 8.74. The van der Waals surface area contributed by atoms with Crippen molar-refractivity contribution in [2.24, 2.45) is 0 Å². The standard InChI is InChI=1S/C59H53NO/c1-59(2)53-29-12-11-22-48(53)52-36-41(32-34-54(52)59)60(42-31-33-49-51-28-14-24-45(39-18-7-4-8-19-39)58(51)61-56(49)37-42)55-35-30-40-20-9-10-21-44(40)57(55)50-27-15-25-46-43(23-13-26-47(46)50)38-16-5-3-6-17-38/h9-15,20-39H,3-8,16-19H2,1-2H3. The van der Waals surface area contributed by atoms with Crippen molar-refractivity contribution in [1.29, 1.82) is 0 Å². The van der Waals surface area contributed by atoms with Crippen LogP contribution in [0.15, 0.2) is 156 Å². The molecule has 0 aliphatic heterocycles. The van der Waals surface area contributed by atoms with Crippen LogP contribution in [0.4, 0.5) is 17.1 Å². The summed E-state index contributed by atoms with van der Waals surface area (Å²) < 4.78 is 7.03. The molecule has 2 nitrogen and oxygen atoms in total.